The molecule has 0 radical (unpaired) electrons. The summed E-state index contributed by atoms with van der Waals surface area (Å²) < 4.78 is 6.01. The van der Waals surface area contributed by atoms with E-state index in [1.807, 2.05) is 0 Å². The molecule has 2 saturated carbocycles. The van der Waals surface area contributed by atoms with E-state index in [1.165, 1.54) is 19.3 Å². The molecule has 112 valence electrons. The zero-order valence-corrected chi connectivity index (χ0v) is 13.0. The molecule has 0 aromatic carbocycles. The van der Waals surface area contributed by atoms with Gasteiger partial charge in [0.2, 0.25) is 0 Å². The molecule has 4 atom stereocenters. The Balaban J connectivity index is 1.80. The Kier molecular flexibility index (Phi) is 4.91. The van der Waals surface area contributed by atoms with Crippen LogP contribution >= 0.6 is 0 Å². The molecule has 2 aliphatic carbocycles. The molecule has 0 bridgehead atoms. The molecule has 2 rings (SSSR count). The van der Waals surface area contributed by atoms with Gasteiger partial charge < -0.3 is 15.2 Å². The molecule has 2 aliphatic rings. The average molecular weight is 269 g/mol. The van der Waals surface area contributed by atoms with Gasteiger partial charge in [-0.15, -0.1) is 0 Å². The highest BCUT2D eigenvalue weighted by Crippen LogP contribution is 2.44. The summed E-state index contributed by atoms with van der Waals surface area (Å²) in [7, 11) is 0. The highest BCUT2D eigenvalue weighted by atomic mass is 16.5. The zero-order valence-electron chi connectivity index (χ0n) is 13.0. The minimum atomic E-state index is 0.220. The minimum absolute atomic E-state index is 0.220. The third kappa shape index (κ3) is 3.32. The lowest BCUT2D eigenvalue weighted by atomic mass is 9.64. The highest BCUT2D eigenvalue weighted by molar-refractivity contribution is 5.04. The standard InChI is InChI=1S/C16H31NO2/c1-11(2)10-19-15-8-14(16(15,3)4)17-13-7-5-6-12(13)9-18/h11-15,17-18H,5-10H2,1-4H3. The first kappa shape index (κ1) is 15.3. The van der Waals surface area contributed by atoms with E-state index in [4.69, 9.17) is 4.74 Å². The second-order valence-corrected chi connectivity index (χ2v) is 7.47. The molecule has 0 aliphatic heterocycles. The van der Waals surface area contributed by atoms with Gasteiger partial charge in [-0.05, 0) is 31.1 Å². The van der Waals surface area contributed by atoms with Crippen LogP contribution in [0.4, 0.5) is 0 Å². The van der Waals surface area contributed by atoms with E-state index in [0.717, 1.165) is 13.0 Å². The molecule has 3 nitrogen and oxygen atoms in total. The number of nitrogens with one attached hydrogen (secondary N) is 1. The van der Waals surface area contributed by atoms with Crippen LogP contribution in [0.1, 0.15) is 53.4 Å². The van der Waals surface area contributed by atoms with Gasteiger partial charge in [0.15, 0.2) is 0 Å². The number of hydrogen-bond donors (Lipinski definition) is 2. The third-order valence-electron chi connectivity index (χ3n) is 5.12. The van der Waals surface area contributed by atoms with Gasteiger partial charge in [0.1, 0.15) is 0 Å². The molecular weight excluding hydrogens is 238 g/mol. The van der Waals surface area contributed by atoms with Crippen LogP contribution < -0.4 is 5.32 Å². The molecule has 0 heterocycles. The predicted molar refractivity (Wildman–Crippen MR) is 78.1 cm³/mol. The zero-order chi connectivity index (χ0) is 14.0. The van der Waals surface area contributed by atoms with Crippen molar-refractivity contribution >= 4 is 0 Å². The van der Waals surface area contributed by atoms with Crippen LogP contribution in [0.3, 0.4) is 0 Å². The second kappa shape index (κ2) is 6.11. The van der Waals surface area contributed by atoms with Gasteiger partial charge in [-0.1, -0.05) is 34.1 Å². The third-order valence-corrected chi connectivity index (χ3v) is 5.12. The Bertz CT molecular complexity index is 290. The van der Waals surface area contributed by atoms with E-state index >= 15 is 0 Å². The van der Waals surface area contributed by atoms with Gasteiger partial charge >= 0.3 is 0 Å². The van der Waals surface area contributed by atoms with Gasteiger partial charge in [0, 0.05) is 30.7 Å². The smallest absolute Gasteiger partial charge is 0.0656 e. The van der Waals surface area contributed by atoms with Crippen molar-refractivity contribution in [3.8, 4) is 0 Å². The molecule has 0 saturated heterocycles. The van der Waals surface area contributed by atoms with E-state index in [2.05, 4.69) is 33.0 Å². The fraction of sp³-hybridized carbons (Fsp3) is 1.00. The molecule has 19 heavy (non-hydrogen) atoms. The van der Waals surface area contributed by atoms with Crippen LogP contribution in [0, 0.1) is 17.3 Å². The minimum Gasteiger partial charge on any atom is -0.396 e. The molecule has 3 heteroatoms. The van der Waals surface area contributed by atoms with Crippen LogP contribution in [0.15, 0.2) is 0 Å². The molecule has 2 N–H and O–H groups in total. The molecule has 4 unspecified atom stereocenters. The second-order valence-electron chi connectivity index (χ2n) is 7.47. The van der Waals surface area contributed by atoms with Crippen molar-refractivity contribution in [1.29, 1.82) is 0 Å². The van der Waals surface area contributed by atoms with E-state index in [0.29, 0.717) is 36.6 Å². The molecule has 0 aromatic rings. The number of hydrogen-bond acceptors (Lipinski definition) is 3. The van der Waals surface area contributed by atoms with Gasteiger partial charge in [0.05, 0.1) is 6.10 Å². The van der Waals surface area contributed by atoms with Gasteiger partial charge in [0.25, 0.3) is 0 Å². The maximum absolute atomic E-state index is 9.40. The van der Waals surface area contributed by atoms with Crippen LogP contribution in [-0.4, -0.2) is 36.5 Å². The van der Waals surface area contributed by atoms with Crippen molar-refractivity contribution in [2.24, 2.45) is 17.3 Å². The summed E-state index contributed by atoms with van der Waals surface area (Å²) in [5.74, 6) is 1.07. The van der Waals surface area contributed by atoms with Crippen LogP contribution in [0.5, 0.6) is 0 Å². The van der Waals surface area contributed by atoms with E-state index < -0.39 is 0 Å². The summed E-state index contributed by atoms with van der Waals surface area (Å²) >= 11 is 0. The van der Waals surface area contributed by atoms with Crippen LogP contribution in [0.25, 0.3) is 0 Å². The molecule has 0 spiro atoms. The van der Waals surface area contributed by atoms with Crippen LogP contribution in [0.2, 0.25) is 0 Å². The SMILES string of the molecule is CC(C)COC1CC(NC2CCCC2CO)C1(C)C. The van der Waals surface area contributed by atoms with Crippen molar-refractivity contribution in [2.75, 3.05) is 13.2 Å². The molecule has 0 amide bonds. The lowest BCUT2D eigenvalue weighted by Gasteiger charge is -2.53. The van der Waals surface area contributed by atoms with E-state index in [-0.39, 0.29) is 5.41 Å². The lowest BCUT2D eigenvalue weighted by Crippen LogP contribution is -2.63. The monoisotopic (exact) mass is 269 g/mol. The number of rotatable bonds is 6. The van der Waals surface area contributed by atoms with Crippen molar-refractivity contribution in [2.45, 2.75) is 71.6 Å². The van der Waals surface area contributed by atoms with Gasteiger partial charge in [-0.3, -0.25) is 0 Å². The number of aliphatic hydroxyl groups excluding tert-OH is 1. The molecule has 2 fully saturated rings. The lowest BCUT2D eigenvalue weighted by molar-refractivity contribution is -0.126. The quantitative estimate of drug-likeness (QED) is 0.779. The number of ether oxygens (including phenoxy) is 1. The summed E-state index contributed by atoms with van der Waals surface area (Å²) in [6, 6.07) is 1.06. The fourth-order valence-electron chi connectivity index (χ4n) is 3.49. The summed E-state index contributed by atoms with van der Waals surface area (Å²) in [6.45, 7) is 10.2. The Hall–Kier alpha value is -0.120. The summed E-state index contributed by atoms with van der Waals surface area (Å²) in [4.78, 5) is 0. The van der Waals surface area contributed by atoms with Gasteiger partial charge in [-0.25, -0.2) is 0 Å². The first-order chi connectivity index (χ1) is 8.95. The van der Waals surface area contributed by atoms with E-state index in [9.17, 15) is 5.11 Å². The first-order valence-electron chi connectivity index (χ1n) is 7.93. The van der Waals surface area contributed by atoms with Crippen molar-refractivity contribution < 1.29 is 9.84 Å². The van der Waals surface area contributed by atoms with Crippen molar-refractivity contribution in [3.63, 3.8) is 0 Å². The maximum atomic E-state index is 9.40. The Morgan fingerprint density at radius 3 is 2.63 bits per heavy atom. The molecule has 0 aromatic heterocycles. The Labute approximate surface area is 118 Å². The predicted octanol–water partition coefficient (Wildman–Crippen LogP) is 2.58. The van der Waals surface area contributed by atoms with Gasteiger partial charge in [-0.2, -0.15) is 0 Å². The first-order valence-corrected chi connectivity index (χ1v) is 7.93. The average Bonchev–Trinajstić information content (AvgIpc) is 2.79. The van der Waals surface area contributed by atoms with E-state index in [1.54, 1.807) is 0 Å². The fourth-order valence-corrected chi connectivity index (χ4v) is 3.49. The topological polar surface area (TPSA) is 41.5 Å². The van der Waals surface area contributed by atoms with Crippen molar-refractivity contribution in [3.05, 3.63) is 0 Å². The Morgan fingerprint density at radius 2 is 2.05 bits per heavy atom. The summed E-state index contributed by atoms with van der Waals surface area (Å²) in [6.07, 6.45) is 5.16. The largest absolute Gasteiger partial charge is 0.396 e. The summed E-state index contributed by atoms with van der Waals surface area (Å²) in [5, 5.41) is 13.2. The number of aliphatic hydroxyl groups is 1. The highest BCUT2D eigenvalue weighted by Gasteiger charge is 2.50. The van der Waals surface area contributed by atoms with Crippen LogP contribution in [-0.2, 0) is 4.74 Å². The summed E-state index contributed by atoms with van der Waals surface area (Å²) in [5.41, 5.74) is 0.220. The maximum Gasteiger partial charge on any atom is 0.0656 e. The normalized spacial score (nSPS) is 37.6. The molecular formula is C16H31NO2. The van der Waals surface area contributed by atoms with Crippen molar-refractivity contribution in [1.82, 2.24) is 5.32 Å². The Morgan fingerprint density at radius 1 is 1.32 bits per heavy atom.